The van der Waals surface area contributed by atoms with Crippen molar-refractivity contribution in [1.29, 1.82) is 0 Å². The lowest BCUT2D eigenvalue weighted by molar-refractivity contribution is 0.208. The fourth-order valence-corrected chi connectivity index (χ4v) is 1.70. The summed E-state index contributed by atoms with van der Waals surface area (Å²) >= 11 is 0. The van der Waals surface area contributed by atoms with Gasteiger partial charge in [0, 0.05) is 24.7 Å². The van der Waals surface area contributed by atoms with Crippen molar-refractivity contribution in [3.05, 3.63) is 23.8 Å². The highest BCUT2D eigenvalue weighted by Crippen LogP contribution is 2.26. The van der Waals surface area contributed by atoms with Crippen LogP contribution >= 0.6 is 0 Å². The molecule has 0 atom stereocenters. The van der Waals surface area contributed by atoms with Crippen LogP contribution in [0.3, 0.4) is 0 Å². The first-order valence-electron chi connectivity index (χ1n) is 6.19. The SMILES string of the molecule is COc1ccc(CN(C)CCO)c(OC(C)C)c1. The predicted molar refractivity (Wildman–Crippen MR) is 72.2 cm³/mol. The van der Waals surface area contributed by atoms with Gasteiger partial charge in [0.1, 0.15) is 11.5 Å². The third kappa shape index (κ3) is 4.55. The molecule has 1 aromatic rings. The molecule has 18 heavy (non-hydrogen) atoms. The lowest BCUT2D eigenvalue weighted by Crippen LogP contribution is -2.22. The molecule has 1 aromatic carbocycles. The van der Waals surface area contributed by atoms with Crippen LogP contribution in [0.25, 0.3) is 0 Å². The largest absolute Gasteiger partial charge is 0.497 e. The molecule has 0 aliphatic carbocycles. The van der Waals surface area contributed by atoms with Crippen molar-refractivity contribution < 1.29 is 14.6 Å². The first kappa shape index (κ1) is 14.8. The summed E-state index contributed by atoms with van der Waals surface area (Å²) in [5, 5.41) is 8.92. The van der Waals surface area contributed by atoms with E-state index in [1.54, 1.807) is 7.11 Å². The second-order valence-corrected chi connectivity index (χ2v) is 4.60. The van der Waals surface area contributed by atoms with E-state index in [4.69, 9.17) is 14.6 Å². The quantitative estimate of drug-likeness (QED) is 0.806. The molecule has 0 amide bonds. The summed E-state index contributed by atoms with van der Waals surface area (Å²) < 4.78 is 11.0. The molecule has 0 saturated carbocycles. The van der Waals surface area contributed by atoms with Gasteiger partial charge in [0.15, 0.2) is 0 Å². The molecule has 0 aliphatic heterocycles. The van der Waals surface area contributed by atoms with Crippen LogP contribution in [0.15, 0.2) is 18.2 Å². The van der Waals surface area contributed by atoms with E-state index in [1.807, 2.05) is 39.1 Å². The van der Waals surface area contributed by atoms with Crippen LogP contribution in [-0.4, -0.2) is 43.4 Å². The van der Waals surface area contributed by atoms with Gasteiger partial charge in [-0.1, -0.05) is 6.07 Å². The molecular formula is C14H23NO3. The summed E-state index contributed by atoms with van der Waals surface area (Å²) in [7, 11) is 3.62. The Hall–Kier alpha value is -1.26. The van der Waals surface area contributed by atoms with Crippen LogP contribution in [0, 0.1) is 0 Å². The van der Waals surface area contributed by atoms with E-state index in [-0.39, 0.29) is 12.7 Å². The third-order valence-electron chi connectivity index (χ3n) is 2.56. The van der Waals surface area contributed by atoms with E-state index in [9.17, 15) is 0 Å². The van der Waals surface area contributed by atoms with Crippen molar-refractivity contribution in [3.8, 4) is 11.5 Å². The van der Waals surface area contributed by atoms with Crippen LogP contribution in [-0.2, 0) is 6.54 Å². The first-order valence-corrected chi connectivity index (χ1v) is 6.19. The molecular weight excluding hydrogens is 230 g/mol. The summed E-state index contributed by atoms with van der Waals surface area (Å²) in [6, 6.07) is 5.84. The molecule has 0 fully saturated rings. The number of likely N-dealkylation sites (N-methyl/N-ethyl adjacent to an activating group) is 1. The Labute approximate surface area is 109 Å². The standard InChI is InChI=1S/C14H23NO3/c1-11(2)18-14-9-13(17-4)6-5-12(14)10-15(3)7-8-16/h5-6,9,11,16H,7-8,10H2,1-4H3. The van der Waals surface area contributed by atoms with Gasteiger partial charge < -0.3 is 14.6 Å². The van der Waals surface area contributed by atoms with E-state index in [2.05, 4.69) is 4.90 Å². The average Bonchev–Trinajstić information content (AvgIpc) is 2.31. The summed E-state index contributed by atoms with van der Waals surface area (Å²) in [6.45, 7) is 5.55. The average molecular weight is 253 g/mol. The summed E-state index contributed by atoms with van der Waals surface area (Å²) in [5.41, 5.74) is 1.10. The zero-order valence-corrected chi connectivity index (χ0v) is 11.6. The topological polar surface area (TPSA) is 41.9 Å². The number of hydrogen-bond acceptors (Lipinski definition) is 4. The molecule has 0 radical (unpaired) electrons. The fourth-order valence-electron chi connectivity index (χ4n) is 1.70. The number of hydrogen-bond donors (Lipinski definition) is 1. The van der Waals surface area contributed by atoms with Crippen LogP contribution < -0.4 is 9.47 Å². The highest BCUT2D eigenvalue weighted by Gasteiger charge is 2.09. The second-order valence-electron chi connectivity index (χ2n) is 4.60. The van der Waals surface area contributed by atoms with Gasteiger partial charge in [0.05, 0.1) is 19.8 Å². The molecule has 1 rings (SSSR count). The maximum atomic E-state index is 8.92. The van der Waals surface area contributed by atoms with Gasteiger partial charge in [-0.2, -0.15) is 0 Å². The Kier molecular flexibility index (Phi) is 5.95. The number of nitrogens with zero attached hydrogens (tertiary/aromatic N) is 1. The van der Waals surface area contributed by atoms with E-state index in [1.165, 1.54) is 0 Å². The van der Waals surface area contributed by atoms with Crippen molar-refractivity contribution in [1.82, 2.24) is 4.90 Å². The van der Waals surface area contributed by atoms with E-state index in [0.717, 1.165) is 23.6 Å². The van der Waals surface area contributed by atoms with Crippen molar-refractivity contribution in [2.75, 3.05) is 27.3 Å². The number of methoxy groups -OCH3 is 1. The number of aliphatic hydroxyl groups is 1. The van der Waals surface area contributed by atoms with Crippen molar-refractivity contribution in [2.45, 2.75) is 26.5 Å². The molecule has 0 heterocycles. The predicted octanol–water partition coefficient (Wildman–Crippen LogP) is 1.91. The van der Waals surface area contributed by atoms with Gasteiger partial charge in [-0.3, -0.25) is 4.90 Å². The Bertz CT molecular complexity index is 366. The Balaban J connectivity index is 2.87. The maximum Gasteiger partial charge on any atom is 0.127 e. The minimum Gasteiger partial charge on any atom is -0.497 e. The molecule has 0 aromatic heterocycles. The minimum atomic E-state index is 0.124. The van der Waals surface area contributed by atoms with Gasteiger partial charge in [0.25, 0.3) is 0 Å². The van der Waals surface area contributed by atoms with Crippen LogP contribution in [0.2, 0.25) is 0 Å². The zero-order chi connectivity index (χ0) is 13.5. The normalized spacial score (nSPS) is 11.1. The smallest absolute Gasteiger partial charge is 0.127 e. The van der Waals surface area contributed by atoms with Gasteiger partial charge in [-0.05, 0) is 27.0 Å². The number of aliphatic hydroxyl groups excluding tert-OH is 1. The monoisotopic (exact) mass is 253 g/mol. The second kappa shape index (κ2) is 7.24. The van der Waals surface area contributed by atoms with E-state index >= 15 is 0 Å². The number of ether oxygens (including phenoxy) is 2. The van der Waals surface area contributed by atoms with E-state index < -0.39 is 0 Å². The maximum absolute atomic E-state index is 8.92. The van der Waals surface area contributed by atoms with E-state index in [0.29, 0.717) is 6.54 Å². The molecule has 102 valence electrons. The number of benzene rings is 1. The molecule has 0 bridgehead atoms. The Morgan fingerprint density at radius 1 is 1.33 bits per heavy atom. The summed E-state index contributed by atoms with van der Waals surface area (Å²) in [5.74, 6) is 1.63. The lowest BCUT2D eigenvalue weighted by Gasteiger charge is -2.20. The molecule has 0 saturated heterocycles. The fraction of sp³-hybridized carbons (Fsp3) is 0.571. The Morgan fingerprint density at radius 2 is 2.06 bits per heavy atom. The minimum absolute atomic E-state index is 0.124. The van der Waals surface area contributed by atoms with Gasteiger partial charge in [-0.15, -0.1) is 0 Å². The molecule has 4 nitrogen and oxygen atoms in total. The highest BCUT2D eigenvalue weighted by atomic mass is 16.5. The van der Waals surface area contributed by atoms with Crippen LogP contribution in [0.1, 0.15) is 19.4 Å². The molecule has 4 heteroatoms. The third-order valence-corrected chi connectivity index (χ3v) is 2.56. The van der Waals surface area contributed by atoms with Gasteiger partial charge in [0.2, 0.25) is 0 Å². The van der Waals surface area contributed by atoms with Crippen molar-refractivity contribution in [2.24, 2.45) is 0 Å². The molecule has 0 unspecified atom stereocenters. The first-order chi connectivity index (χ1) is 8.56. The van der Waals surface area contributed by atoms with Crippen molar-refractivity contribution >= 4 is 0 Å². The molecule has 0 aliphatic rings. The van der Waals surface area contributed by atoms with Gasteiger partial charge >= 0.3 is 0 Å². The zero-order valence-electron chi connectivity index (χ0n) is 11.6. The summed E-state index contributed by atoms with van der Waals surface area (Å²) in [4.78, 5) is 2.05. The molecule has 1 N–H and O–H groups in total. The molecule has 0 spiro atoms. The van der Waals surface area contributed by atoms with Crippen LogP contribution in [0.5, 0.6) is 11.5 Å². The highest BCUT2D eigenvalue weighted by molar-refractivity contribution is 5.40. The Morgan fingerprint density at radius 3 is 2.61 bits per heavy atom. The summed E-state index contributed by atoms with van der Waals surface area (Å²) in [6.07, 6.45) is 0.124. The lowest BCUT2D eigenvalue weighted by atomic mass is 10.1. The van der Waals surface area contributed by atoms with Crippen molar-refractivity contribution in [3.63, 3.8) is 0 Å². The number of rotatable bonds is 7. The van der Waals surface area contributed by atoms with Crippen LogP contribution in [0.4, 0.5) is 0 Å². The van der Waals surface area contributed by atoms with Gasteiger partial charge in [-0.25, -0.2) is 0 Å².